The minimum atomic E-state index is -0.0843. The predicted octanol–water partition coefficient (Wildman–Crippen LogP) is 2.74. The number of nitrogens with two attached hydrogens (primary N) is 1. The molecule has 0 aliphatic carbocycles. The first kappa shape index (κ1) is 13.6. The largest absolute Gasteiger partial charge is 0.398 e. The maximum absolute atomic E-state index is 12.1. The number of anilines is 1. The van der Waals surface area contributed by atoms with Crippen LogP contribution >= 0.6 is 0 Å². The summed E-state index contributed by atoms with van der Waals surface area (Å²) >= 11 is 0. The summed E-state index contributed by atoms with van der Waals surface area (Å²) in [5.74, 6) is 0.379. The number of para-hydroxylation sites is 1. The normalized spacial score (nSPS) is 14.1. The van der Waals surface area contributed by atoms with Gasteiger partial charge in [-0.3, -0.25) is 4.79 Å². The number of carbonyl (C=O) groups is 1. The lowest BCUT2D eigenvalue weighted by molar-refractivity contribution is 0.0929. The molecule has 1 amide bonds. The summed E-state index contributed by atoms with van der Waals surface area (Å²) in [7, 11) is 0. The van der Waals surface area contributed by atoms with Crippen molar-refractivity contribution in [3.8, 4) is 0 Å². The third-order valence-electron chi connectivity index (χ3n) is 3.43. The molecule has 2 unspecified atom stereocenters. The van der Waals surface area contributed by atoms with Crippen LogP contribution in [-0.2, 0) is 0 Å². The van der Waals surface area contributed by atoms with Crippen molar-refractivity contribution < 1.29 is 4.79 Å². The van der Waals surface area contributed by atoms with Gasteiger partial charge in [-0.2, -0.15) is 0 Å². The van der Waals surface area contributed by atoms with Crippen molar-refractivity contribution in [2.24, 2.45) is 5.92 Å². The Kier molecular flexibility index (Phi) is 4.55. The molecule has 1 rings (SSSR count). The number of benzene rings is 1. The number of carbonyl (C=O) groups excluding carboxylic acids is 1. The Bertz CT molecular complexity index is 401. The summed E-state index contributed by atoms with van der Waals surface area (Å²) in [5, 5.41) is 3.00. The van der Waals surface area contributed by atoms with E-state index in [0.29, 0.717) is 17.2 Å². The van der Waals surface area contributed by atoms with Crippen LogP contribution < -0.4 is 11.1 Å². The molecule has 1 aromatic rings. The van der Waals surface area contributed by atoms with E-state index in [2.05, 4.69) is 19.2 Å². The van der Waals surface area contributed by atoms with Crippen molar-refractivity contribution in [2.45, 2.75) is 40.2 Å². The molecular formula is C14H22N2O. The van der Waals surface area contributed by atoms with Gasteiger partial charge in [0.25, 0.3) is 5.91 Å². The third kappa shape index (κ3) is 3.22. The van der Waals surface area contributed by atoms with Gasteiger partial charge >= 0.3 is 0 Å². The van der Waals surface area contributed by atoms with Gasteiger partial charge in [0.1, 0.15) is 0 Å². The monoisotopic (exact) mass is 234 g/mol. The smallest absolute Gasteiger partial charge is 0.253 e. The number of nitrogens with one attached hydrogen (secondary N) is 1. The van der Waals surface area contributed by atoms with Crippen LogP contribution in [0.3, 0.4) is 0 Å². The highest BCUT2D eigenvalue weighted by atomic mass is 16.1. The molecule has 0 bridgehead atoms. The third-order valence-corrected chi connectivity index (χ3v) is 3.43. The fourth-order valence-corrected chi connectivity index (χ4v) is 1.66. The minimum Gasteiger partial charge on any atom is -0.398 e. The number of hydrogen-bond donors (Lipinski definition) is 2. The molecule has 17 heavy (non-hydrogen) atoms. The fourth-order valence-electron chi connectivity index (χ4n) is 1.66. The van der Waals surface area contributed by atoms with Crippen LogP contribution in [0.2, 0.25) is 0 Å². The van der Waals surface area contributed by atoms with Crippen molar-refractivity contribution in [2.75, 3.05) is 5.73 Å². The summed E-state index contributed by atoms with van der Waals surface area (Å²) in [5.41, 5.74) is 7.99. The molecule has 2 atom stereocenters. The van der Waals surface area contributed by atoms with Gasteiger partial charge in [-0.15, -0.1) is 0 Å². The van der Waals surface area contributed by atoms with Gasteiger partial charge in [0.15, 0.2) is 0 Å². The van der Waals surface area contributed by atoms with Gasteiger partial charge in [0.05, 0.1) is 5.56 Å². The average Bonchev–Trinajstić information content (AvgIpc) is 2.31. The average molecular weight is 234 g/mol. The summed E-state index contributed by atoms with van der Waals surface area (Å²) in [4.78, 5) is 12.1. The Morgan fingerprint density at radius 1 is 1.41 bits per heavy atom. The molecule has 3 heteroatoms. The fraction of sp³-hybridized carbons (Fsp3) is 0.500. The number of aryl methyl sites for hydroxylation is 1. The van der Waals surface area contributed by atoms with Gasteiger partial charge in [-0.1, -0.05) is 32.4 Å². The Morgan fingerprint density at radius 2 is 2.06 bits per heavy atom. The van der Waals surface area contributed by atoms with Crippen LogP contribution in [-0.4, -0.2) is 11.9 Å². The highest BCUT2D eigenvalue weighted by Gasteiger charge is 2.16. The van der Waals surface area contributed by atoms with Crippen LogP contribution in [0.15, 0.2) is 18.2 Å². The van der Waals surface area contributed by atoms with E-state index >= 15 is 0 Å². The molecule has 94 valence electrons. The topological polar surface area (TPSA) is 55.1 Å². The van der Waals surface area contributed by atoms with E-state index < -0.39 is 0 Å². The van der Waals surface area contributed by atoms with Crippen LogP contribution in [0.25, 0.3) is 0 Å². The highest BCUT2D eigenvalue weighted by Crippen LogP contribution is 2.17. The van der Waals surface area contributed by atoms with E-state index in [9.17, 15) is 4.79 Å². The van der Waals surface area contributed by atoms with Gasteiger partial charge in [-0.05, 0) is 31.4 Å². The van der Waals surface area contributed by atoms with E-state index in [4.69, 9.17) is 5.73 Å². The van der Waals surface area contributed by atoms with E-state index in [0.717, 1.165) is 12.0 Å². The first-order valence-electron chi connectivity index (χ1n) is 6.13. The molecule has 0 radical (unpaired) electrons. The van der Waals surface area contributed by atoms with E-state index in [1.54, 1.807) is 6.07 Å². The van der Waals surface area contributed by atoms with Crippen LogP contribution in [0.1, 0.15) is 43.1 Å². The zero-order valence-electron chi connectivity index (χ0n) is 11.1. The molecule has 0 aliphatic rings. The van der Waals surface area contributed by atoms with Gasteiger partial charge in [-0.25, -0.2) is 0 Å². The summed E-state index contributed by atoms with van der Waals surface area (Å²) < 4.78 is 0. The summed E-state index contributed by atoms with van der Waals surface area (Å²) in [6, 6.07) is 5.69. The standard InChI is InChI=1S/C14H22N2O/c1-5-9(2)11(4)16-14(17)12-8-6-7-10(3)13(12)15/h6-9,11H,5,15H2,1-4H3,(H,16,17). The van der Waals surface area contributed by atoms with E-state index in [-0.39, 0.29) is 11.9 Å². The van der Waals surface area contributed by atoms with Crippen molar-refractivity contribution in [3.05, 3.63) is 29.3 Å². The van der Waals surface area contributed by atoms with Crippen molar-refractivity contribution in [1.29, 1.82) is 0 Å². The molecule has 0 heterocycles. The Morgan fingerprint density at radius 3 is 2.65 bits per heavy atom. The lowest BCUT2D eigenvalue weighted by Crippen LogP contribution is -2.37. The van der Waals surface area contributed by atoms with Crippen molar-refractivity contribution in [3.63, 3.8) is 0 Å². The molecule has 0 saturated heterocycles. The van der Waals surface area contributed by atoms with Gasteiger partial charge in [0, 0.05) is 11.7 Å². The Balaban J connectivity index is 2.80. The lowest BCUT2D eigenvalue weighted by atomic mass is 10.00. The quantitative estimate of drug-likeness (QED) is 0.787. The zero-order valence-corrected chi connectivity index (χ0v) is 11.1. The first-order valence-corrected chi connectivity index (χ1v) is 6.13. The number of rotatable bonds is 4. The molecule has 0 fully saturated rings. The molecule has 0 aromatic heterocycles. The van der Waals surface area contributed by atoms with Crippen molar-refractivity contribution >= 4 is 11.6 Å². The second kappa shape index (κ2) is 5.71. The summed E-state index contributed by atoms with van der Waals surface area (Å²) in [6.07, 6.45) is 1.05. The zero-order chi connectivity index (χ0) is 13.0. The van der Waals surface area contributed by atoms with Crippen molar-refractivity contribution in [1.82, 2.24) is 5.32 Å². The van der Waals surface area contributed by atoms with Crippen LogP contribution in [0.4, 0.5) is 5.69 Å². The van der Waals surface area contributed by atoms with Crippen LogP contribution in [0, 0.1) is 12.8 Å². The van der Waals surface area contributed by atoms with Gasteiger partial charge < -0.3 is 11.1 Å². The lowest BCUT2D eigenvalue weighted by Gasteiger charge is -2.20. The number of hydrogen-bond acceptors (Lipinski definition) is 2. The van der Waals surface area contributed by atoms with Gasteiger partial charge in [0.2, 0.25) is 0 Å². The Hall–Kier alpha value is -1.51. The molecule has 1 aromatic carbocycles. The van der Waals surface area contributed by atoms with Crippen LogP contribution in [0.5, 0.6) is 0 Å². The maximum Gasteiger partial charge on any atom is 0.253 e. The predicted molar refractivity (Wildman–Crippen MR) is 72.0 cm³/mol. The molecule has 0 aliphatic heterocycles. The second-order valence-corrected chi connectivity index (χ2v) is 4.68. The molecule has 3 nitrogen and oxygen atoms in total. The minimum absolute atomic E-state index is 0.0843. The molecular weight excluding hydrogens is 212 g/mol. The SMILES string of the molecule is CCC(C)C(C)NC(=O)c1cccc(C)c1N. The number of nitrogen functional groups attached to an aromatic ring is 1. The molecule has 0 saturated carbocycles. The molecule has 3 N–H and O–H groups in total. The first-order chi connectivity index (χ1) is 7.97. The second-order valence-electron chi connectivity index (χ2n) is 4.68. The van der Waals surface area contributed by atoms with E-state index in [1.807, 2.05) is 26.0 Å². The number of amides is 1. The molecule has 0 spiro atoms. The summed E-state index contributed by atoms with van der Waals surface area (Å²) in [6.45, 7) is 8.18. The Labute approximate surface area is 103 Å². The maximum atomic E-state index is 12.1. The van der Waals surface area contributed by atoms with E-state index in [1.165, 1.54) is 0 Å². The highest BCUT2D eigenvalue weighted by molar-refractivity contribution is 5.99.